The maximum Gasteiger partial charge on any atom is 0.251 e. The van der Waals surface area contributed by atoms with E-state index in [9.17, 15) is 24.0 Å². The molecule has 5 rings (SSSR count). The molecule has 0 aliphatic carbocycles. The number of hydrogen-bond acceptors (Lipinski definition) is 11. The van der Waals surface area contributed by atoms with Crippen molar-refractivity contribution in [3.05, 3.63) is 107 Å². The summed E-state index contributed by atoms with van der Waals surface area (Å²) in [5.74, 6) is -1.76. The van der Waals surface area contributed by atoms with Gasteiger partial charge in [-0.25, -0.2) is 0 Å². The van der Waals surface area contributed by atoms with E-state index in [-0.39, 0.29) is 52.2 Å². The number of amides is 5. The van der Waals surface area contributed by atoms with Crippen molar-refractivity contribution in [3.8, 4) is 39.8 Å². The van der Waals surface area contributed by atoms with Crippen molar-refractivity contribution >= 4 is 29.5 Å². The third-order valence-corrected chi connectivity index (χ3v) is 11.1. The van der Waals surface area contributed by atoms with Gasteiger partial charge in [-0.3, -0.25) is 24.0 Å². The van der Waals surface area contributed by atoms with Gasteiger partial charge in [0, 0.05) is 43.2 Å². The van der Waals surface area contributed by atoms with Gasteiger partial charge in [0.25, 0.3) is 5.91 Å². The molecule has 1 aliphatic heterocycles. The van der Waals surface area contributed by atoms with Crippen molar-refractivity contribution in [1.29, 1.82) is 5.26 Å². The SMILES string of the molecule is CC(C)CCc1ccc(-c2ccc(C(=O)N[C@@H](CCN)C(=O)N(C)[C@@H]3C(=O)N[C@@H](C)C(=O)N[C@H](C(=O)NCC#N)Cc4ccc(OCCN)c(c4)-c4cc3ccc4OCCN)cc2)cc1. The predicted molar refractivity (Wildman–Crippen MR) is 248 cm³/mol. The van der Waals surface area contributed by atoms with Gasteiger partial charge < -0.3 is 52.8 Å². The lowest BCUT2D eigenvalue weighted by Gasteiger charge is -2.32. The minimum absolute atomic E-state index is 0.0112. The first kappa shape index (κ1) is 49.2. The molecule has 344 valence electrons. The summed E-state index contributed by atoms with van der Waals surface area (Å²) in [5, 5.41) is 19.9. The van der Waals surface area contributed by atoms with Crippen molar-refractivity contribution in [2.24, 2.45) is 23.1 Å². The van der Waals surface area contributed by atoms with E-state index in [1.165, 1.54) is 24.4 Å². The Morgan fingerprint density at radius 2 is 1.43 bits per heavy atom. The molecule has 65 heavy (non-hydrogen) atoms. The molecule has 16 nitrogen and oxygen atoms in total. The monoisotopic (exact) mass is 887 g/mol. The number of benzene rings is 4. The van der Waals surface area contributed by atoms with Gasteiger partial charge in [0.2, 0.25) is 23.6 Å². The van der Waals surface area contributed by atoms with Crippen LogP contribution in [0, 0.1) is 17.2 Å². The fraction of sp³-hybridized carbons (Fsp3) is 0.388. The van der Waals surface area contributed by atoms with Gasteiger partial charge in [0.15, 0.2) is 0 Å². The molecule has 16 heteroatoms. The Balaban J connectivity index is 1.51. The average molecular weight is 888 g/mol. The fourth-order valence-electron chi connectivity index (χ4n) is 7.50. The van der Waals surface area contributed by atoms with Crippen LogP contribution in [0.5, 0.6) is 11.5 Å². The number of nitrogens with zero attached hydrogens (tertiary/aromatic N) is 2. The van der Waals surface area contributed by atoms with Crippen LogP contribution in [0.4, 0.5) is 0 Å². The van der Waals surface area contributed by atoms with Crippen LogP contribution in [0.3, 0.4) is 0 Å². The van der Waals surface area contributed by atoms with E-state index < -0.39 is 53.7 Å². The highest BCUT2D eigenvalue weighted by molar-refractivity contribution is 5.99. The van der Waals surface area contributed by atoms with Gasteiger partial charge >= 0.3 is 0 Å². The molecule has 1 aliphatic rings. The van der Waals surface area contributed by atoms with Gasteiger partial charge in [-0.2, -0.15) is 5.26 Å². The minimum Gasteiger partial charge on any atom is -0.492 e. The number of ether oxygens (including phenoxy) is 2. The molecule has 1 heterocycles. The first-order valence-electron chi connectivity index (χ1n) is 21.9. The molecule has 0 aromatic heterocycles. The number of hydrogen-bond donors (Lipinski definition) is 7. The Morgan fingerprint density at radius 1 is 0.815 bits per heavy atom. The van der Waals surface area contributed by atoms with Crippen molar-refractivity contribution in [2.75, 3.05) is 46.4 Å². The molecular formula is C49H61N9O7. The Kier molecular flexibility index (Phi) is 18.0. The second-order valence-electron chi connectivity index (χ2n) is 16.4. The molecule has 0 saturated heterocycles. The maximum atomic E-state index is 14.6. The van der Waals surface area contributed by atoms with E-state index in [4.69, 9.17) is 31.9 Å². The van der Waals surface area contributed by atoms with Crippen LogP contribution in [0.15, 0.2) is 84.9 Å². The van der Waals surface area contributed by atoms with E-state index in [0.717, 1.165) is 24.0 Å². The van der Waals surface area contributed by atoms with Gasteiger partial charge in [0.1, 0.15) is 55.4 Å². The van der Waals surface area contributed by atoms with E-state index in [1.54, 1.807) is 48.5 Å². The standard InChI is InChI=1S/C49H61N9O7/c1-30(2)5-6-32-7-10-34(11-8-32)35-12-14-36(15-13-35)46(60)56-40(19-20-50)49(63)58(4)44-37-16-18-43(65-26-23-53)39(29-37)38-27-33(9-17-42(38)64-25-22-52)28-41(47(61)54-24-21-51)57-45(59)31(3)55-48(44)62/h7-18,27,29-31,40-41,44H,5-6,19-20,22-26,28,50,52-53H2,1-4H3,(H,54,61)(H,55,62)(H,56,60)(H,57,59)/t31-,40-,41-,44-/m0/s1. The Hall–Kier alpha value is -6.80. The highest BCUT2D eigenvalue weighted by Crippen LogP contribution is 2.40. The average Bonchev–Trinajstić information content (AvgIpc) is 3.30. The zero-order valence-electron chi connectivity index (χ0n) is 37.5. The lowest BCUT2D eigenvalue weighted by atomic mass is 9.93. The number of fused-ring (bicyclic) bond motifs is 5. The first-order valence-corrected chi connectivity index (χ1v) is 21.9. The highest BCUT2D eigenvalue weighted by atomic mass is 16.5. The van der Waals surface area contributed by atoms with E-state index in [0.29, 0.717) is 45.2 Å². The van der Waals surface area contributed by atoms with Crippen LogP contribution in [0.1, 0.15) is 66.7 Å². The summed E-state index contributed by atoms with van der Waals surface area (Å²) in [6.07, 6.45) is 2.16. The molecule has 5 amide bonds. The Morgan fingerprint density at radius 3 is 2.03 bits per heavy atom. The maximum absolute atomic E-state index is 14.6. The number of carbonyl (C=O) groups excluding carboxylic acids is 5. The summed E-state index contributed by atoms with van der Waals surface area (Å²) in [4.78, 5) is 71.1. The first-order chi connectivity index (χ1) is 31.3. The Labute approximate surface area is 380 Å². The molecule has 0 spiro atoms. The summed E-state index contributed by atoms with van der Waals surface area (Å²) >= 11 is 0. The van der Waals surface area contributed by atoms with Crippen LogP contribution in [-0.4, -0.2) is 99.0 Å². The Bertz CT molecular complexity index is 2330. The third kappa shape index (κ3) is 13.1. The summed E-state index contributed by atoms with van der Waals surface area (Å²) in [6.45, 7) is 6.30. The van der Waals surface area contributed by atoms with Gasteiger partial charge in [-0.15, -0.1) is 0 Å². The summed E-state index contributed by atoms with van der Waals surface area (Å²) in [7, 11) is 1.43. The van der Waals surface area contributed by atoms with Crippen molar-refractivity contribution < 1.29 is 33.4 Å². The molecule has 0 fully saturated rings. The number of rotatable bonds is 18. The van der Waals surface area contributed by atoms with Crippen molar-refractivity contribution in [2.45, 2.75) is 70.6 Å². The number of nitriles is 1. The number of carbonyl (C=O) groups is 5. The van der Waals surface area contributed by atoms with Crippen LogP contribution < -0.4 is 47.9 Å². The molecule has 4 aromatic rings. The highest BCUT2D eigenvalue weighted by Gasteiger charge is 2.36. The fourth-order valence-corrected chi connectivity index (χ4v) is 7.50. The van der Waals surface area contributed by atoms with Crippen LogP contribution in [0.25, 0.3) is 22.3 Å². The zero-order chi connectivity index (χ0) is 47.0. The lowest BCUT2D eigenvalue weighted by molar-refractivity contribution is -0.141. The summed E-state index contributed by atoms with van der Waals surface area (Å²) in [6, 6.07) is 22.7. The normalized spacial score (nSPS) is 16.5. The largest absolute Gasteiger partial charge is 0.492 e. The number of aryl methyl sites for hydroxylation is 1. The van der Waals surface area contributed by atoms with Crippen molar-refractivity contribution in [1.82, 2.24) is 26.2 Å². The smallest absolute Gasteiger partial charge is 0.251 e. The van der Waals surface area contributed by atoms with Crippen LogP contribution in [0.2, 0.25) is 0 Å². The number of likely N-dealkylation sites (N-methyl/N-ethyl adjacent to an activating group) is 1. The zero-order valence-corrected chi connectivity index (χ0v) is 37.5. The second kappa shape index (κ2) is 23.8. The molecule has 0 radical (unpaired) electrons. The van der Waals surface area contributed by atoms with Crippen LogP contribution in [-0.2, 0) is 32.0 Å². The summed E-state index contributed by atoms with van der Waals surface area (Å²) in [5.41, 5.74) is 23.1. The van der Waals surface area contributed by atoms with E-state index in [1.807, 2.05) is 18.2 Å². The molecule has 4 bridgehead atoms. The van der Waals surface area contributed by atoms with Gasteiger partial charge in [0.05, 0.1) is 6.07 Å². The molecule has 0 saturated carbocycles. The topological polar surface area (TPSA) is 257 Å². The van der Waals surface area contributed by atoms with Crippen molar-refractivity contribution in [3.63, 3.8) is 0 Å². The van der Waals surface area contributed by atoms with Crippen LogP contribution >= 0.6 is 0 Å². The molecule has 4 atom stereocenters. The molecule has 0 unspecified atom stereocenters. The molecular weight excluding hydrogens is 827 g/mol. The summed E-state index contributed by atoms with van der Waals surface area (Å²) < 4.78 is 12.2. The number of nitrogens with two attached hydrogens (primary N) is 3. The quantitative estimate of drug-likeness (QED) is 0.0715. The molecule has 4 aromatic carbocycles. The minimum atomic E-state index is -1.37. The predicted octanol–water partition coefficient (Wildman–Crippen LogP) is 3.12. The van der Waals surface area contributed by atoms with E-state index >= 15 is 0 Å². The van der Waals surface area contributed by atoms with Gasteiger partial charge in [-0.1, -0.05) is 62.4 Å². The second-order valence-corrected chi connectivity index (χ2v) is 16.4. The lowest BCUT2D eigenvalue weighted by Crippen LogP contribution is -2.56. The van der Waals surface area contributed by atoms with E-state index in [2.05, 4.69) is 59.4 Å². The third-order valence-electron chi connectivity index (χ3n) is 11.1. The number of nitrogens with one attached hydrogen (secondary N) is 4. The molecule has 10 N–H and O–H groups in total. The van der Waals surface area contributed by atoms with Gasteiger partial charge in [-0.05, 0) is 103 Å².